The largest absolute Gasteiger partial charge is 0.454 e. The van der Waals surface area contributed by atoms with Crippen molar-refractivity contribution in [1.29, 1.82) is 0 Å². The second-order valence-electron chi connectivity index (χ2n) is 5.08. The average Bonchev–Trinajstić information content (AvgIpc) is 3.17. The van der Waals surface area contributed by atoms with Crippen molar-refractivity contribution >= 4 is 27.5 Å². The van der Waals surface area contributed by atoms with Gasteiger partial charge in [-0.3, -0.25) is 4.79 Å². The van der Waals surface area contributed by atoms with Crippen LogP contribution in [0.15, 0.2) is 47.5 Å². The van der Waals surface area contributed by atoms with Crippen LogP contribution in [-0.2, 0) is 6.54 Å². The number of carbonyl (C=O) groups is 1. The van der Waals surface area contributed by atoms with Crippen molar-refractivity contribution in [2.45, 2.75) is 13.5 Å². The van der Waals surface area contributed by atoms with E-state index in [4.69, 9.17) is 9.47 Å². The van der Waals surface area contributed by atoms with E-state index in [-0.39, 0.29) is 12.7 Å². The Morgan fingerprint density at radius 1 is 1.22 bits per heavy atom. The number of aryl methyl sites for hydroxylation is 1. The zero-order valence-electron chi connectivity index (χ0n) is 12.5. The van der Waals surface area contributed by atoms with Crippen LogP contribution >= 0.6 is 11.3 Å². The highest BCUT2D eigenvalue weighted by atomic mass is 32.1. The molecule has 1 aromatic heterocycles. The lowest BCUT2D eigenvalue weighted by molar-refractivity contribution is 0.0997. The summed E-state index contributed by atoms with van der Waals surface area (Å²) in [7, 11) is 0. The standard InChI is InChI=1S/C17H14N2O3S/c1-2-19-12-5-3-4-6-15(12)23-17(19)18-16(20)11-7-8-13-14(9-11)22-10-21-13/h3-9H,2,10H2,1H3. The fraction of sp³-hybridized carbons (Fsp3) is 0.176. The molecule has 0 N–H and O–H groups in total. The van der Waals surface area contributed by atoms with Crippen molar-refractivity contribution in [3.05, 3.63) is 52.8 Å². The first-order valence-electron chi connectivity index (χ1n) is 7.33. The molecule has 0 radical (unpaired) electrons. The normalized spacial score (nSPS) is 13.7. The van der Waals surface area contributed by atoms with E-state index < -0.39 is 0 Å². The Balaban J connectivity index is 1.79. The zero-order chi connectivity index (χ0) is 15.8. The van der Waals surface area contributed by atoms with Gasteiger partial charge < -0.3 is 14.0 Å². The number of para-hydroxylation sites is 1. The lowest BCUT2D eigenvalue weighted by atomic mass is 10.2. The summed E-state index contributed by atoms with van der Waals surface area (Å²) in [5.41, 5.74) is 1.59. The molecule has 23 heavy (non-hydrogen) atoms. The van der Waals surface area contributed by atoms with Crippen LogP contribution < -0.4 is 14.3 Å². The third-order valence-electron chi connectivity index (χ3n) is 3.72. The maximum atomic E-state index is 12.5. The van der Waals surface area contributed by atoms with Gasteiger partial charge in [-0.25, -0.2) is 0 Å². The Hall–Kier alpha value is -2.60. The monoisotopic (exact) mass is 326 g/mol. The second-order valence-corrected chi connectivity index (χ2v) is 6.09. The van der Waals surface area contributed by atoms with Crippen LogP contribution in [0.5, 0.6) is 11.5 Å². The maximum absolute atomic E-state index is 12.5. The predicted octanol–water partition coefficient (Wildman–Crippen LogP) is 3.19. The topological polar surface area (TPSA) is 52.8 Å². The van der Waals surface area contributed by atoms with Crippen molar-refractivity contribution < 1.29 is 14.3 Å². The van der Waals surface area contributed by atoms with Gasteiger partial charge in [0.05, 0.1) is 10.2 Å². The molecule has 1 aliphatic heterocycles. The molecular weight excluding hydrogens is 312 g/mol. The fourth-order valence-electron chi connectivity index (χ4n) is 2.59. The summed E-state index contributed by atoms with van der Waals surface area (Å²) in [6.07, 6.45) is 0. The van der Waals surface area contributed by atoms with Gasteiger partial charge in [0.25, 0.3) is 5.91 Å². The predicted molar refractivity (Wildman–Crippen MR) is 87.9 cm³/mol. The summed E-state index contributed by atoms with van der Waals surface area (Å²) >= 11 is 1.52. The smallest absolute Gasteiger partial charge is 0.279 e. The van der Waals surface area contributed by atoms with Crippen molar-refractivity contribution in [2.75, 3.05) is 6.79 Å². The molecule has 2 aromatic carbocycles. The summed E-state index contributed by atoms with van der Waals surface area (Å²) in [5.74, 6) is 0.967. The lowest BCUT2D eigenvalue weighted by Gasteiger charge is -2.00. The van der Waals surface area contributed by atoms with Gasteiger partial charge in [0.2, 0.25) is 6.79 Å². The highest BCUT2D eigenvalue weighted by Crippen LogP contribution is 2.32. The average molecular weight is 326 g/mol. The van der Waals surface area contributed by atoms with Gasteiger partial charge in [-0.15, -0.1) is 0 Å². The Labute approximate surface area is 136 Å². The molecule has 5 nitrogen and oxygen atoms in total. The first kappa shape index (κ1) is 14.0. The molecule has 4 rings (SSSR count). The number of amides is 1. The molecule has 0 atom stereocenters. The molecule has 0 fully saturated rings. The molecule has 1 aliphatic rings. The molecule has 0 aliphatic carbocycles. The molecule has 3 aromatic rings. The molecule has 1 amide bonds. The third-order valence-corrected chi connectivity index (χ3v) is 4.78. The van der Waals surface area contributed by atoms with E-state index in [0.29, 0.717) is 21.9 Å². The van der Waals surface area contributed by atoms with Gasteiger partial charge in [0, 0.05) is 12.1 Å². The van der Waals surface area contributed by atoms with Gasteiger partial charge in [0.1, 0.15) is 0 Å². The molecule has 6 heteroatoms. The van der Waals surface area contributed by atoms with Gasteiger partial charge in [0.15, 0.2) is 16.3 Å². The summed E-state index contributed by atoms with van der Waals surface area (Å²) in [4.78, 5) is 17.5. The maximum Gasteiger partial charge on any atom is 0.279 e. The van der Waals surface area contributed by atoms with Crippen molar-refractivity contribution in [3.8, 4) is 11.5 Å². The van der Waals surface area contributed by atoms with Gasteiger partial charge in [-0.1, -0.05) is 23.5 Å². The third kappa shape index (κ3) is 2.41. The number of thiazole rings is 1. The van der Waals surface area contributed by atoms with E-state index in [1.54, 1.807) is 18.2 Å². The molecule has 0 spiro atoms. The zero-order valence-corrected chi connectivity index (χ0v) is 13.3. The minimum absolute atomic E-state index is 0.191. The Bertz CT molecular complexity index is 971. The summed E-state index contributed by atoms with van der Waals surface area (Å²) in [6.45, 7) is 3.00. The van der Waals surface area contributed by atoms with E-state index in [0.717, 1.165) is 16.8 Å². The lowest BCUT2D eigenvalue weighted by Crippen LogP contribution is -2.15. The summed E-state index contributed by atoms with van der Waals surface area (Å²) in [6, 6.07) is 13.2. The van der Waals surface area contributed by atoms with Crippen LogP contribution in [0.4, 0.5) is 0 Å². The summed E-state index contributed by atoms with van der Waals surface area (Å²) < 4.78 is 13.7. The summed E-state index contributed by atoms with van der Waals surface area (Å²) in [5, 5.41) is 0. The molecule has 0 saturated carbocycles. The highest BCUT2D eigenvalue weighted by molar-refractivity contribution is 7.16. The molecule has 2 heterocycles. The van der Waals surface area contributed by atoms with Crippen LogP contribution in [-0.4, -0.2) is 17.3 Å². The molecular formula is C17H14N2O3S. The Kier molecular flexibility index (Phi) is 3.38. The minimum atomic E-state index is -0.281. The van der Waals surface area contributed by atoms with E-state index in [1.165, 1.54) is 11.3 Å². The fourth-order valence-corrected chi connectivity index (χ4v) is 3.69. The Morgan fingerprint density at radius 2 is 2.04 bits per heavy atom. The van der Waals surface area contributed by atoms with E-state index in [1.807, 2.05) is 35.8 Å². The highest BCUT2D eigenvalue weighted by Gasteiger charge is 2.16. The van der Waals surface area contributed by atoms with E-state index in [2.05, 4.69) is 4.99 Å². The number of fused-ring (bicyclic) bond motifs is 2. The molecule has 116 valence electrons. The number of aromatic nitrogens is 1. The number of hydrogen-bond acceptors (Lipinski definition) is 4. The van der Waals surface area contributed by atoms with Crippen molar-refractivity contribution in [2.24, 2.45) is 4.99 Å². The number of carbonyl (C=O) groups excluding carboxylic acids is 1. The molecule has 0 bridgehead atoms. The second kappa shape index (κ2) is 5.55. The van der Waals surface area contributed by atoms with E-state index in [9.17, 15) is 4.79 Å². The van der Waals surface area contributed by atoms with Crippen LogP contribution in [0.1, 0.15) is 17.3 Å². The van der Waals surface area contributed by atoms with Gasteiger partial charge in [-0.2, -0.15) is 4.99 Å². The molecule has 0 unspecified atom stereocenters. The number of nitrogens with zero attached hydrogens (tertiary/aromatic N) is 2. The van der Waals surface area contributed by atoms with Gasteiger partial charge >= 0.3 is 0 Å². The van der Waals surface area contributed by atoms with Crippen LogP contribution in [0.2, 0.25) is 0 Å². The molecule has 0 saturated heterocycles. The number of ether oxygens (including phenoxy) is 2. The number of rotatable bonds is 2. The van der Waals surface area contributed by atoms with Crippen LogP contribution in [0.3, 0.4) is 0 Å². The minimum Gasteiger partial charge on any atom is -0.454 e. The SMILES string of the molecule is CCn1c(=NC(=O)c2ccc3c(c2)OCO3)sc2ccccc21. The number of hydrogen-bond donors (Lipinski definition) is 0. The van der Waals surface area contributed by atoms with Crippen LogP contribution in [0.25, 0.3) is 10.2 Å². The van der Waals surface area contributed by atoms with E-state index >= 15 is 0 Å². The van der Waals surface area contributed by atoms with Gasteiger partial charge in [-0.05, 0) is 37.3 Å². The van der Waals surface area contributed by atoms with Crippen LogP contribution in [0, 0.1) is 0 Å². The number of benzene rings is 2. The first-order chi connectivity index (χ1) is 11.3. The Morgan fingerprint density at radius 3 is 2.91 bits per heavy atom. The van der Waals surface area contributed by atoms with Crippen molar-refractivity contribution in [1.82, 2.24) is 4.57 Å². The quantitative estimate of drug-likeness (QED) is 0.727. The first-order valence-corrected chi connectivity index (χ1v) is 8.15. The van der Waals surface area contributed by atoms with Crippen molar-refractivity contribution in [3.63, 3.8) is 0 Å².